The molecule has 1 aliphatic rings. The van der Waals surface area contributed by atoms with Crippen LogP contribution in [0, 0.1) is 6.92 Å². The molecule has 1 amide bonds. The van der Waals surface area contributed by atoms with Crippen LogP contribution in [0.15, 0.2) is 48.5 Å². The van der Waals surface area contributed by atoms with Crippen LogP contribution >= 0.6 is 0 Å². The van der Waals surface area contributed by atoms with Crippen molar-refractivity contribution in [3.63, 3.8) is 0 Å². The lowest BCUT2D eigenvalue weighted by atomic mass is 10.2. The average molecular weight is 395 g/mol. The molecule has 28 heavy (non-hydrogen) atoms. The van der Waals surface area contributed by atoms with Crippen LogP contribution in [0.2, 0.25) is 0 Å². The molecule has 0 bridgehead atoms. The summed E-state index contributed by atoms with van der Waals surface area (Å²) in [5, 5.41) is -1.15. The van der Waals surface area contributed by atoms with Gasteiger partial charge in [-0.2, -0.15) is 0 Å². The van der Waals surface area contributed by atoms with Crippen LogP contribution < -0.4 is 4.90 Å². The molecule has 1 unspecified atom stereocenters. The second-order valence-corrected chi connectivity index (χ2v) is 9.38. The summed E-state index contributed by atoms with van der Waals surface area (Å²) in [4.78, 5) is 23.5. The van der Waals surface area contributed by atoms with E-state index in [1.165, 1.54) is 6.92 Å². The second kappa shape index (κ2) is 6.98. The van der Waals surface area contributed by atoms with Crippen LogP contribution in [-0.4, -0.2) is 36.1 Å². The smallest absolute Gasteiger partial charge is 0.245 e. The Morgan fingerprint density at radius 2 is 1.71 bits per heavy atom. The van der Waals surface area contributed by atoms with Crippen LogP contribution in [-0.2, 0) is 26.8 Å². The van der Waals surface area contributed by atoms with Crippen molar-refractivity contribution < 1.29 is 13.2 Å². The summed E-state index contributed by atoms with van der Waals surface area (Å²) in [5.74, 6) is -0.699. The van der Waals surface area contributed by atoms with Gasteiger partial charge in [0.15, 0.2) is 9.84 Å². The zero-order valence-electron chi connectivity index (χ0n) is 15.8. The molecule has 0 aliphatic carbocycles. The van der Waals surface area contributed by atoms with Crippen molar-refractivity contribution in [2.24, 2.45) is 0 Å². The third-order valence-corrected chi connectivity index (χ3v) is 7.18. The number of aromatic nitrogens is 2. The van der Waals surface area contributed by atoms with Gasteiger partial charge >= 0.3 is 0 Å². The zero-order valence-corrected chi connectivity index (χ0v) is 16.6. The van der Waals surface area contributed by atoms with Gasteiger partial charge in [0, 0.05) is 12.2 Å². The number of aryl methyl sites for hydroxylation is 1. The minimum absolute atomic E-state index is 0.306. The topological polar surface area (TPSA) is 80.2 Å². The summed E-state index contributed by atoms with van der Waals surface area (Å²) in [6.07, 6.45) is 0.740. The monoisotopic (exact) mass is 395 g/mol. The predicted molar refractivity (Wildman–Crippen MR) is 109 cm³/mol. The van der Waals surface area contributed by atoms with Gasteiger partial charge in [0.05, 0.1) is 28.2 Å². The van der Waals surface area contributed by atoms with Crippen LogP contribution in [0.1, 0.15) is 23.9 Å². The van der Waals surface area contributed by atoms with Crippen molar-refractivity contribution in [3.8, 4) is 0 Å². The number of rotatable bonds is 4. The Morgan fingerprint density at radius 1 is 1.07 bits per heavy atom. The molecule has 6 nitrogen and oxygen atoms in total. The first-order valence-electron chi connectivity index (χ1n) is 9.20. The molecule has 0 radical (unpaired) electrons. The Morgan fingerprint density at radius 3 is 2.46 bits per heavy atom. The number of nitrogens with zero attached hydrogens (tertiary/aromatic N) is 3. The van der Waals surface area contributed by atoms with Gasteiger partial charge in [-0.05, 0) is 44.0 Å². The lowest BCUT2D eigenvalue weighted by molar-refractivity contribution is -0.117. The number of carbonyl (C=O) groups excluding carboxylic acids is 1. The highest BCUT2D eigenvalue weighted by atomic mass is 32.2. The predicted octanol–water partition coefficient (Wildman–Crippen LogP) is 2.83. The van der Waals surface area contributed by atoms with Crippen LogP contribution in [0.4, 0.5) is 5.69 Å². The number of benzene rings is 2. The van der Waals surface area contributed by atoms with Gasteiger partial charge in [-0.3, -0.25) is 4.79 Å². The Bertz CT molecular complexity index is 1170. The van der Waals surface area contributed by atoms with Crippen LogP contribution in [0.3, 0.4) is 0 Å². The fraction of sp³-hybridized carbons (Fsp3) is 0.286. The van der Waals surface area contributed by atoms with E-state index < -0.39 is 21.0 Å². The molecular formula is C21H21N3O3S. The molecule has 1 aliphatic heterocycles. The maximum Gasteiger partial charge on any atom is 0.245 e. The average Bonchev–Trinajstić information content (AvgIpc) is 3.11. The summed E-state index contributed by atoms with van der Waals surface area (Å²) < 4.78 is 26.0. The summed E-state index contributed by atoms with van der Waals surface area (Å²) in [6.45, 7) is 3.71. The van der Waals surface area contributed by atoms with Gasteiger partial charge in [-0.1, -0.05) is 30.3 Å². The number of hydrogen-bond acceptors (Lipinski definition) is 5. The van der Waals surface area contributed by atoms with Gasteiger partial charge in [-0.25, -0.2) is 18.4 Å². The highest BCUT2D eigenvalue weighted by molar-refractivity contribution is 7.92. The minimum Gasteiger partial charge on any atom is -0.311 e. The summed E-state index contributed by atoms with van der Waals surface area (Å²) >= 11 is 0. The van der Waals surface area contributed by atoms with Crippen LogP contribution in [0.25, 0.3) is 11.0 Å². The van der Waals surface area contributed by atoms with E-state index in [0.29, 0.717) is 23.4 Å². The van der Waals surface area contributed by atoms with E-state index in [9.17, 15) is 13.2 Å². The summed E-state index contributed by atoms with van der Waals surface area (Å²) in [7, 11) is -3.74. The van der Waals surface area contributed by atoms with E-state index in [2.05, 4.69) is 9.97 Å². The Balaban J connectivity index is 1.60. The molecule has 7 heteroatoms. The normalized spacial score (nSPS) is 14.9. The molecule has 0 saturated heterocycles. The molecular weight excluding hydrogens is 374 g/mol. The van der Waals surface area contributed by atoms with E-state index >= 15 is 0 Å². The van der Waals surface area contributed by atoms with Crippen molar-refractivity contribution in [1.82, 2.24) is 9.97 Å². The van der Waals surface area contributed by atoms with Crippen molar-refractivity contribution in [3.05, 3.63) is 65.5 Å². The number of amides is 1. The van der Waals surface area contributed by atoms with Crippen molar-refractivity contribution in [1.29, 1.82) is 0 Å². The van der Waals surface area contributed by atoms with Gasteiger partial charge in [0.2, 0.25) is 5.91 Å². The molecule has 0 saturated carbocycles. The van der Waals surface area contributed by atoms with Crippen molar-refractivity contribution in [2.45, 2.75) is 31.3 Å². The first-order chi connectivity index (χ1) is 13.4. The van der Waals surface area contributed by atoms with E-state index in [1.54, 1.807) is 17.9 Å². The first kappa shape index (κ1) is 18.6. The first-order valence-corrected chi connectivity index (χ1v) is 10.9. The molecule has 2 heterocycles. The maximum atomic E-state index is 13.0. The highest BCUT2D eigenvalue weighted by Gasteiger charge is 2.35. The van der Waals surface area contributed by atoms with Crippen molar-refractivity contribution >= 4 is 32.5 Å². The van der Waals surface area contributed by atoms with E-state index in [0.717, 1.165) is 23.2 Å². The number of hydrogen-bond donors (Lipinski definition) is 0. The number of carbonyl (C=O) groups is 1. The fourth-order valence-corrected chi connectivity index (χ4v) is 4.86. The number of sulfone groups is 1. The Kier molecular flexibility index (Phi) is 4.63. The molecule has 1 atom stereocenters. The summed E-state index contributed by atoms with van der Waals surface area (Å²) in [6, 6.07) is 14.9. The lowest BCUT2D eigenvalue weighted by Gasteiger charge is -2.22. The van der Waals surface area contributed by atoms with Gasteiger partial charge < -0.3 is 4.90 Å². The molecule has 0 fully saturated rings. The largest absolute Gasteiger partial charge is 0.311 e. The maximum absolute atomic E-state index is 13.0. The highest BCUT2D eigenvalue weighted by Crippen LogP contribution is 2.29. The molecule has 0 spiro atoms. The van der Waals surface area contributed by atoms with E-state index in [1.807, 2.05) is 42.5 Å². The SMILES string of the molecule is Cc1nc2ccccc2nc1CS(=O)(=O)C(C)C(=O)N1CCc2ccccc21. The molecule has 1 aromatic heterocycles. The lowest BCUT2D eigenvalue weighted by Crippen LogP contribution is -2.41. The number of fused-ring (bicyclic) bond motifs is 2. The molecule has 144 valence electrons. The Labute approximate surface area is 164 Å². The van der Waals surface area contributed by atoms with Gasteiger partial charge in [0.1, 0.15) is 5.25 Å². The van der Waals surface area contributed by atoms with Gasteiger partial charge in [0.25, 0.3) is 0 Å². The number of anilines is 1. The van der Waals surface area contributed by atoms with E-state index in [-0.39, 0.29) is 5.75 Å². The molecule has 2 aromatic carbocycles. The number of para-hydroxylation sites is 3. The molecule has 4 rings (SSSR count). The molecule has 3 aromatic rings. The van der Waals surface area contributed by atoms with Crippen molar-refractivity contribution in [2.75, 3.05) is 11.4 Å². The van der Waals surface area contributed by atoms with E-state index in [4.69, 9.17) is 0 Å². The second-order valence-electron chi connectivity index (χ2n) is 7.06. The third kappa shape index (κ3) is 3.26. The fourth-order valence-electron chi connectivity index (χ4n) is 3.52. The molecule has 0 N–H and O–H groups in total. The third-order valence-electron chi connectivity index (χ3n) is 5.22. The Hall–Kier alpha value is -2.80. The standard InChI is InChI=1S/C21H21N3O3S/c1-14-19(23-18-9-5-4-8-17(18)22-14)13-28(26,27)15(2)21(25)24-12-11-16-7-3-6-10-20(16)24/h3-10,15H,11-13H2,1-2H3. The summed E-state index contributed by atoms with van der Waals surface area (Å²) in [5.41, 5.74) is 4.19. The minimum atomic E-state index is -3.74. The van der Waals surface area contributed by atoms with Crippen LogP contribution in [0.5, 0.6) is 0 Å². The quantitative estimate of drug-likeness (QED) is 0.679. The van der Waals surface area contributed by atoms with Gasteiger partial charge in [-0.15, -0.1) is 0 Å². The zero-order chi connectivity index (χ0) is 19.9.